The van der Waals surface area contributed by atoms with Crippen molar-refractivity contribution in [1.29, 1.82) is 0 Å². The molecule has 0 saturated carbocycles. The molecule has 5 heteroatoms. The Hall–Kier alpha value is -1.85. The highest BCUT2D eigenvalue weighted by Gasteiger charge is 2.62. The average Bonchev–Trinajstić information content (AvgIpc) is 3.20. The van der Waals surface area contributed by atoms with Crippen LogP contribution in [0.2, 0.25) is 0 Å². The van der Waals surface area contributed by atoms with E-state index in [0.29, 0.717) is 12.0 Å². The number of ether oxygens (including phenoxy) is 1. The van der Waals surface area contributed by atoms with Gasteiger partial charge in [-0.3, -0.25) is 4.90 Å². The Morgan fingerprint density at radius 2 is 2.23 bits per heavy atom. The molecule has 3 aliphatic heterocycles. The van der Waals surface area contributed by atoms with Crippen molar-refractivity contribution in [3.8, 4) is 0 Å². The van der Waals surface area contributed by atoms with Crippen LogP contribution in [0.4, 0.5) is 5.69 Å². The molecule has 0 amide bonds. The zero-order valence-corrected chi connectivity index (χ0v) is 15.4. The summed E-state index contributed by atoms with van der Waals surface area (Å²) in [6.45, 7) is 3.86. The SMILES string of the molecule is COC(=O)C1=C2Nc3ccccc3[C@]23CCN2C[C@@H](C(C)O)C[C@H](C1)[C@@H]23. The van der Waals surface area contributed by atoms with Crippen molar-refractivity contribution < 1.29 is 14.6 Å². The van der Waals surface area contributed by atoms with Crippen LogP contribution in [-0.4, -0.2) is 48.3 Å². The Morgan fingerprint density at radius 3 is 3.00 bits per heavy atom. The van der Waals surface area contributed by atoms with Gasteiger partial charge in [-0.25, -0.2) is 4.79 Å². The van der Waals surface area contributed by atoms with Gasteiger partial charge in [0.05, 0.1) is 24.2 Å². The predicted octanol–water partition coefficient (Wildman–Crippen LogP) is 2.27. The average molecular weight is 354 g/mol. The summed E-state index contributed by atoms with van der Waals surface area (Å²) in [5.41, 5.74) is 4.20. The molecule has 1 unspecified atom stereocenters. The van der Waals surface area contributed by atoms with Gasteiger partial charge in [-0.15, -0.1) is 0 Å². The second kappa shape index (κ2) is 5.57. The summed E-state index contributed by atoms with van der Waals surface area (Å²) in [7, 11) is 1.47. The third-order valence-corrected chi connectivity index (χ3v) is 7.21. The number of anilines is 1. The molecule has 26 heavy (non-hydrogen) atoms. The van der Waals surface area contributed by atoms with Gasteiger partial charge in [0, 0.05) is 24.0 Å². The van der Waals surface area contributed by atoms with Gasteiger partial charge in [0.2, 0.25) is 0 Å². The fourth-order valence-electron chi connectivity index (χ4n) is 6.21. The van der Waals surface area contributed by atoms with E-state index in [1.807, 2.05) is 13.0 Å². The van der Waals surface area contributed by atoms with Crippen LogP contribution < -0.4 is 5.32 Å². The van der Waals surface area contributed by atoms with Gasteiger partial charge in [-0.1, -0.05) is 18.2 Å². The van der Waals surface area contributed by atoms with Crippen molar-refractivity contribution in [3.05, 3.63) is 41.1 Å². The molecule has 1 aliphatic carbocycles. The third-order valence-electron chi connectivity index (χ3n) is 7.21. The number of hydrogen-bond acceptors (Lipinski definition) is 5. The normalized spacial score (nSPS) is 36.0. The number of piperidine rings is 1. The zero-order valence-electron chi connectivity index (χ0n) is 15.4. The maximum absolute atomic E-state index is 12.6. The topological polar surface area (TPSA) is 61.8 Å². The largest absolute Gasteiger partial charge is 0.466 e. The molecule has 3 heterocycles. The first kappa shape index (κ1) is 16.3. The fraction of sp³-hybridized carbons (Fsp3) is 0.571. The van der Waals surface area contributed by atoms with E-state index in [9.17, 15) is 9.90 Å². The van der Waals surface area contributed by atoms with Crippen LogP contribution in [0.15, 0.2) is 35.5 Å². The highest BCUT2D eigenvalue weighted by atomic mass is 16.5. The van der Waals surface area contributed by atoms with E-state index in [1.165, 1.54) is 12.7 Å². The highest BCUT2D eigenvalue weighted by molar-refractivity contribution is 5.93. The number of carbonyl (C=O) groups is 1. The third kappa shape index (κ3) is 1.96. The second-order valence-electron chi connectivity index (χ2n) is 8.38. The number of nitrogens with zero attached hydrogens (tertiary/aromatic N) is 1. The molecule has 0 radical (unpaired) electrons. The quantitative estimate of drug-likeness (QED) is 0.798. The molecule has 1 spiro atoms. The molecule has 1 aromatic carbocycles. The summed E-state index contributed by atoms with van der Waals surface area (Å²) in [6.07, 6.45) is 2.40. The van der Waals surface area contributed by atoms with Gasteiger partial charge >= 0.3 is 5.97 Å². The minimum absolute atomic E-state index is 0.132. The Balaban J connectivity index is 1.69. The molecule has 2 saturated heterocycles. The number of hydrogen-bond donors (Lipinski definition) is 2. The van der Waals surface area contributed by atoms with E-state index in [2.05, 4.69) is 28.4 Å². The van der Waals surface area contributed by atoms with Crippen molar-refractivity contribution in [3.63, 3.8) is 0 Å². The summed E-state index contributed by atoms with van der Waals surface area (Å²) in [6, 6.07) is 8.88. The van der Waals surface area contributed by atoms with Crippen molar-refractivity contribution in [2.75, 3.05) is 25.5 Å². The minimum atomic E-state index is -0.312. The van der Waals surface area contributed by atoms with Crippen molar-refractivity contribution >= 4 is 11.7 Å². The first-order valence-corrected chi connectivity index (χ1v) is 9.67. The van der Waals surface area contributed by atoms with E-state index in [0.717, 1.165) is 49.3 Å². The Bertz CT molecular complexity index is 802. The molecule has 2 N–H and O–H groups in total. The lowest BCUT2D eigenvalue weighted by Crippen LogP contribution is -2.56. The number of aliphatic hydroxyl groups excluding tert-OH is 1. The molecule has 0 aromatic heterocycles. The van der Waals surface area contributed by atoms with E-state index < -0.39 is 0 Å². The van der Waals surface area contributed by atoms with Crippen molar-refractivity contribution in [2.45, 2.75) is 43.7 Å². The van der Waals surface area contributed by atoms with E-state index in [4.69, 9.17) is 4.74 Å². The Labute approximate surface area is 154 Å². The number of para-hydroxylation sites is 1. The lowest BCUT2D eigenvalue weighted by molar-refractivity contribution is -0.137. The maximum atomic E-state index is 12.6. The smallest absolute Gasteiger partial charge is 0.335 e. The molecular weight excluding hydrogens is 328 g/mol. The van der Waals surface area contributed by atoms with Crippen molar-refractivity contribution in [1.82, 2.24) is 4.90 Å². The van der Waals surface area contributed by atoms with Crippen LogP contribution in [0.25, 0.3) is 0 Å². The number of fused-ring (bicyclic) bond motifs is 1. The molecule has 1 aromatic rings. The van der Waals surface area contributed by atoms with Gasteiger partial charge < -0.3 is 15.2 Å². The number of aliphatic hydroxyl groups is 1. The summed E-state index contributed by atoms with van der Waals surface area (Å²) < 4.78 is 5.15. The molecule has 5 nitrogen and oxygen atoms in total. The van der Waals surface area contributed by atoms with Crippen LogP contribution in [-0.2, 0) is 14.9 Å². The summed E-state index contributed by atoms with van der Waals surface area (Å²) in [5, 5.41) is 13.8. The summed E-state index contributed by atoms with van der Waals surface area (Å²) in [4.78, 5) is 15.2. The van der Waals surface area contributed by atoms with E-state index in [1.54, 1.807) is 0 Å². The molecule has 4 aliphatic rings. The highest BCUT2D eigenvalue weighted by Crippen LogP contribution is 2.61. The second-order valence-corrected chi connectivity index (χ2v) is 8.38. The van der Waals surface area contributed by atoms with Gasteiger partial charge in [0.1, 0.15) is 0 Å². The summed E-state index contributed by atoms with van der Waals surface area (Å²) in [5.74, 6) is 0.434. The Morgan fingerprint density at radius 1 is 1.42 bits per heavy atom. The maximum Gasteiger partial charge on any atom is 0.335 e. The number of methoxy groups -OCH3 is 1. The molecular formula is C21H26N2O3. The van der Waals surface area contributed by atoms with Crippen molar-refractivity contribution in [2.24, 2.45) is 11.8 Å². The standard InChI is InChI=1S/C21H26N2O3/c1-12(24)14-9-13-10-15(20(25)26-2)18-21(7-8-23(11-14)19(13)21)16-5-3-4-6-17(16)22-18/h3-6,12-14,19,22,24H,7-11H2,1-2H3/t12?,13-,14+,19-,21-/m1/s1. The van der Waals surface area contributed by atoms with Gasteiger partial charge in [0.15, 0.2) is 0 Å². The van der Waals surface area contributed by atoms with Gasteiger partial charge in [0.25, 0.3) is 0 Å². The number of esters is 1. The van der Waals surface area contributed by atoms with Crippen LogP contribution in [0.5, 0.6) is 0 Å². The van der Waals surface area contributed by atoms with Crippen LogP contribution in [0, 0.1) is 11.8 Å². The minimum Gasteiger partial charge on any atom is -0.466 e. The van der Waals surface area contributed by atoms with Crippen LogP contribution in [0.1, 0.15) is 31.7 Å². The number of benzene rings is 1. The number of nitrogens with one attached hydrogen (secondary N) is 1. The molecule has 138 valence electrons. The van der Waals surface area contributed by atoms with Gasteiger partial charge in [-0.05, 0) is 56.2 Å². The first-order chi connectivity index (χ1) is 12.6. The predicted molar refractivity (Wildman–Crippen MR) is 98.7 cm³/mol. The Kier molecular flexibility index (Phi) is 3.50. The zero-order chi connectivity index (χ0) is 18.1. The lowest BCUT2D eigenvalue weighted by atomic mass is 9.60. The molecule has 2 fully saturated rings. The molecule has 5 atom stereocenters. The number of carbonyl (C=O) groups excluding carboxylic acids is 1. The first-order valence-electron chi connectivity index (χ1n) is 9.67. The molecule has 5 rings (SSSR count). The lowest BCUT2D eigenvalue weighted by Gasteiger charge is -2.50. The van der Waals surface area contributed by atoms with Crippen LogP contribution in [0.3, 0.4) is 0 Å². The number of rotatable bonds is 2. The monoisotopic (exact) mass is 354 g/mol. The van der Waals surface area contributed by atoms with Gasteiger partial charge in [-0.2, -0.15) is 0 Å². The van der Waals surface area contributed by atoms with Crippen LogP contribution >= 0.6 is 0 Å². The summed E-state index contributed by atoms with van der Waals surface area (Å²) >= 11 is 0. The van der Waals surface area contributed by atoms with E-state index >= 15 is 0 Å². The fourth-order valence-corrected chi connectivity index (χ4v) is 6.21. The molecule has 0 bridgehead atoms. The van der Waals surface area contributed by atoms with E-state index in [-0.39, 0.29) is 23.4 Å².